The number of rotatable bonds is 4. The van der Waals surface area contributed by atoms with Crippen LogP contribution in [0.3, 0.4) is 0 Å². The van der Waals surface area contributed by atoms with Crippen molar-refractivity contribution in [3.63, 3.8) is 0 Å². The summed E-state index contributed by atoms with van der Waals surface area (Å²) in [5.74, 6) is 0.276. The largest absolute Gasteiger partial charge is 0.465 e. The van der Waals surface area contributed by atoms with Gasteiger partial charge in [-0.15, -0.1) is 0 Å². The second-order valence-corrected chi connectivity index (χ2v) is 6.50. The first-order valence-corrected chi connectivity index (χ1v) is 8.78. The number of carbonyl (C=O) groups excluding carboxylic acids is 1. The predicted octanol–water partition coefficient (Wildman–Crippen LogP) is 3.96. The van der Waals surface area contributed by atoms with Crippen LogP contribution in [0.1, 0.15) is 21.5 Å². The summed E-state index contributed by atoms with van der Waals surface area (Å²) in [4.78, 5) is 20.3. The molecule has 0 saturated carbocycles. The minimum Gasteiger partial charge on any atom is -0.465 e. The second-order valence-electron chi connectivity index (χ2n) is 6.50. The quantitative estimate of drug-likeness (QED) is 0.545. The number of anilines is 2. The Morgan fingerprint density at radius 2 is 1.86 bits per heavy atom. The highest BCUT2D eigenvalue weighted by Gasteiger charge is 2.13. The van der Waals surface area contributed by atoms with E-state index in [1.54, 1.807) is 30.5 Å². The molecule has 0 aliphatic carbocycles. The van der Waals surface area contributed by atoms with Crippen molar-refractivity contribution in [2.24, 2.45) is 0 Å². The van der Waals surface area contributed by atoms with Crippen LogP contribution >= 0.6 is 0 Å². The number of hydrogen-bond donors (Lipinski definition) is 1. The Bertz CT molecular complexity index is 1170. The number of hydrogen-bond acceptors (Lipinski definition) is 6. The van der Waals surface area contributed by atoms with Gasteiger partial charge in [-0.25, -0.2) is 19.4 Å². The van der Waals surface area contributed by atoms with E-state index in [1.807, 2.05) is 10.7 Å². The Hall–Kier alpha value is -3.74. The lowest BCUT2D eigenvalue weighted by Crippen LogP contribution is -2.02. The fourth-order valence-corrected chi connectivity index (χ4v) is 3.11. The minimum atomic E-state index is -0.370. The van der Waals surface area contributed by atoms with E-state index in [-0.39, 0.29) is 5.97 Å². The lowest BCUT2D eigenvalue weighted by atomic mass is 10.1. The smallest absolute Gasteiger partial charge is 0.337 e. The van der Waals surface area contributed by atoms with Crippen molar-refractivity contribution < 1.29 is 9.53 Å². The summed E-state index contributed by atoms with van der Waals surface area (Å²) in [5, 5.41) is 8.59. The van der Waals surface area contributed by atoms with Crippen molar-refractivity contribution in [1.29, 1.82) is 0 Å². The maximum Gasteiger partial charge on any atom is 0.337 e. The van der Waals surface area contributed by atoms with Crippen LogP contribution in [0.2, 0.25) is 0 Å². The summed E-state index contributed by atoms with van der Waals surface area (Å²) in [6, 6.07) is 13.2. The molecule has 4 aromatic rings. The molecule has 7 nitrogen and oxygen atoms in total. The highest BCUT2D eigenvalue weighted by atomic mass is 16.5. The molecule has 0 aliphatic rings. The van der Waals surface area contributed by atoms with Gasteiger partial charge in [-0.1, -0.05) is 17.7 Å². The van der Waals surface area contributed by atoms with E-state index < -0.39 is 0 Å². The summed E-state index contributed by atoms with van der Waals surface area (Å²) in [7, 11) is 1.36. The average Bonchev–Trinajstić information content (AvgIpc) is 3.13. The first kappa shape index (κ1) is 17.7. The number of methoxy groups -OCH3 is 1. The van der Waals surface area contributed by atoms with Crippen LogP contribution in [0.5, 0.6) is 0 Å². The van der Waals surface area contributed by atoms with Crippen LogP contribution < -0.4 is 5.32 Å². The molecule has 0 unspecified atom stereocenters. The Labute approximate surface area is 162 Å². The number of nitrogens with one attached hydrogen (secondary N) is 1. The highest BCUT2D eigenvalue weighted by molar-refractivity contribution is 5.91. The van der Waals surface area contributed by atoms with Crippen LogP contribution in [0, 0.1) is 13.8 Å². The van der Waals surface area contributed by atoms with E-state index in [0.717, 1.165) is 28.0 Å². The molecule has 0 spiro atoms. The van der Waals surface area contributed by atoms with Gasteiger partial charge in [0, 0.05) is 5.69 Å². The molecule has 140 valence electrons. The monoisotopic (exact) mass is 373 g/mol. The third kappa shape index (κ3) is 3.18. The maximum atomic E-state index is 11.6. The number of aromatic nitrogens is 4. The van der Waals surface area contributed by atoms with Crippen molar-refractivity contribution in [2.75, 3.05) is 12.4 Å². The van der Waals surface area contributed by atoms with Gasteiger partial charge >= 0.3 is 5.97 Å². The number of nitrogens with zero attached hydrogens (tertiary/aromatic N) is 4. The molecule has 0 radical (unpaired) electrons. The van der Waals surface area contributed by atoms with Crippen molar-refractivity contribution in [3.8, 4) is 5.69 Å². The van der Waals surface area contributed by atoms with Gasteiger partial charge in [0.1, 0.15) is 12.1 Å². The van der Waals surface area contributed by atoms with Crippen molar-refractivity contribution in [1.82, 2.24) is 19.7 Å². The zero-order chi connectivity index (χ0) is 19.7. The number of carbonyl (C=O) groups is 1. The van der Waals surface area contributed by atoms with Gasteiger partial charge in [0.2, 0.25) is 0 Å². The Morgan fingerprint density at radius 3 is 2.57 bits per heavy atom. The van der Waals surface area contributed by atoms with Crippen LogP contribution in [-0.4, -0.2) is 32.8 Å². The van der Waals surface area contributed by atoms with Crippen LogP contribution in [0.25, 0.3) is 16.7 Å². The lowest BCUT2D eigenvalue weighted by molar-refractivity contribution is 0.0601. The van der Waals surface area contributed by atoms with E-state index in [0.29, 0.717) is 11.4 Å². The Kier molecular flexibility index (Phi) is 4.49. The normalized spacial score (nSPS) is 10.8. The van der Waals surface area contributed by atoms with Gasteiger partial charge in [0.25, 0.3) is 0 Å². The average molecular weight is 373 g/mol. The van der Waals surface area contributed by atoms with Gasteiger partial charge in [-0.05, 0) is 49.7 Å². The zero-order valence-corrected chi connectivity index (χ0v) is 15.8. The molecule has 0 saturated heterocycles. The van der Waals surface area contributed by atoms with Gasteiger partial charge in [-0.3, -0.25) is 0 Å². The van der Waals surface area contributed by atoms with Gasteiger partial charge < -0.3 is 10.1 Å². The molecule has 0 fully saturated rings. The summed E-state index contributed by atoms with van der Waals surface area (Å²) >= 11 is 0. The third-order valence-electron chi connectivity index (χ3n) is 4.52. The van der Waals surface area contributed by atoms with E-state index in [2.05, 4.69) is 46.4 Å². The number of ether oxygens (including phenoxy) is 1. The molecule has 2 aromatic heterocycles. The van der Waals surface area contributed by atoms with Crippen LogP contribution in [0.15, 0.2) is 55.0 Å². The SMILES string of the molecule is COC(=O)c1ccc(Nc2ncnc3c2cnn3-c2ccc(C)cc2C)cc1. The van der Waals surface area contributed by atoms with Crippen LogP contribution in [0.4, 0.5) is 11.5 Å². The maximum absolute atomic E-state index is 11.6. The summed E-state index contributed by atoms with van der Waals surface area (Å²) in [6.45, 7) is 4.12. The van der Waals surface area contributed by atoms with Crippen LogP contribution in [-0.2, 0) is 4.74 Å². The Balaban J connectivity index is 1.70. The first-order valence-electron chi connectivity index (χ1n) is 8.78. The molecule has 28 heavy (non-hydrogen) atoms. The fourth-order valence-electron chi connectivity index (χ4n) is 3.11. The highest BCUT2D eigenvalue weighted by Crippen LogP contribution is 2.26. The number of fused-ring (bicyclic) bond motifs is 1. The minimum absolute atomic E-state index is 0.370. The molecule has 2 heterocycles. The third-order valence-corrected chi connectivity index (χ3v) is 4.52. The van der Waals surface area contributed by atoms with Crippen molar-refractivity contribution in [2.45, 2.75) is 13.8 Å². The topological polar surface area (TPSA) is 81.9 Å². The lowest BCUT2D eigenvalue weighted by Gasteiger charge is -2.09. The molecule has 0 amide bonds. The standard InChI is InChI=1S/C21H19N5O2/c1-13-4-9-18(14(2)10-13)26-20-17(11-24-26)19(22-12-23-20)25-16-7-5-15(6-8-16)21(27)28-3/h4-12H,1-3H3,(H,22,23,25). The van der Waals surface area contributed by atoms with Gasteiger partial charge in [-0.2, -0.15) is 5.10 Å². The molecule has 0 aliphatic heterocycles. The van der Waals surface area contributed by atoms with E-state index in [9.17, 15) is 4.79 Å². The summed E-state index contributed by atoms with van der Waals surface area (Å²) < 4.78 is 6.54. The number of esters is 1. The number of aryl methyl sites for hydroxylation is 2. The van der Waals surface area contributed by atoms with Crippen molar-refractivity contribution >= 4 is 28.5 Å². The fraction of sp³-hybridized carbons (Fsp3) is 0.143. The molecule has 0 bridgehead atoms. The molecular weight excluding hydrogens is 354 g/mol. The molecule has 2 aromatic carbocycles. The summed E-state index contributed by atoms with van der Waals surface area (Å²) in [6.07, 6.45) is 3.26. The van der Waals surface area contributed by atoms with E-state index >= 15 is 0 Å². The van der Waals surface area contributed by atoms with Gasteiger partial charge in [0.05, 0.1) is 29.9 Å². The zero-order valence-electron chi connectivity index (χ0n) is 15.8. The van der Waals surface area contributed by atoms with Gasteiger partial charge in [0.15, 0.2) is 5.65 Å². The molecule has 7 heteroatoms. The van der Waals surface area contributed by atoms with E-state index in [4.69, 9.17) is 4.74 Å². The number of benzene rings is 2. The van der Waals surface area contributed by atoms with Crippen molar-refractivity contribution in [3.05, 3.63) is 71.7 Å². The summed E-state index contributed by atoms with van der Waals surface area (Å²) in [5.41, 5.74) is 5.31. The molecular formula is C21H19N5O2. The molecule has 1 N–H and O–H groups in total. The predicted molar refractivity (Wildman–Crippen MR) is 107 cm³/mol. The Morgan fingerprint density at radius 1 is 1.07 bits per heavy atom. The first-order chi connectivity index (χ1) is 13.6. The van der Waals surface area contributed by atoms with E-state index in [1.165, 1.54) is 19.0 Å². The second kappa shape index (κ2) is 7.11. The molecule has 0 atom stereocenters. The molecule has 4 rings (SSSR count).